The molecule has 1 fully saturated rings. The van der Waals surface area contributed by atoms with Crippen molar-refractivity contribution in [2.45, 2.75) is 31.2 Å². The summed E-state index contributed by atoms with van der Waals surface area (Å²) in [7, 11) is -3.46. The summed E-state index contributed by atoms with van der Waals surface area (Å²) in [5, 5.41) is 0. The Kier molecular flexibility index (Phi) is 3.68. The molecule has 5 heteroatoms. The molecular weight excluding hydrogens is 260 g/mol. The Morgan fingerprint density at radius 1 is 1.47 bits per heavy atom. The topological polar surface area (TPSA) is 72.2 Å². The van der Waals surface area contributed by atoms with Gasteiger partial charge in [0.2, 0.25) is 10.0 Å². The summed E-state index contributed by atoms with van der Waals surface area (Å²) in [6.45, 7) is 4.35. The molecule has 0 aliphatic heterocycles. The van der Waals surface area contributed by atoms with Gasteiger partial charge in [-0.3, -0.25) is 0 Å². The first-order chi connectivity index (χ1) is 8.85. The number of rotatable bonds is 3. The molecule has 1 saturated carbocycles. The van der Waals surface area contributed by atoms with Gasteiger partial charge in [0.05, 0.1) is 11.4 Å². The fraction of sp³-hybridized carbons (Fsp3) is 0.429. The van der Waals surface area contributed by atoms with Gasteiger partial charge in [-0.1, -0.05) is 31.8 Å². The third kappa shape index (κ3) is 3.35. The molecule has 4 nitrogen and oxygen atoms in total. The molecule has 0 amide bonds. The number of nitrogens with one attached hydrogen (secondary N) is 1. The Morgan fingerprint density at radius 3 is 2.74 bits per heavy atom. The molecule has 0 heterocycles. The lowest BCUT2D eigenvalue weighted by Gasteiger charge is -2.08. The highest BCUT2D eigenvalue weighted by Gasteiger charge is 2.47. The monoisotopic (exact) mass is 278 g/mol. The lowest BCUT2D eigenvalue weighted by Crippen LogP contribution is -2.28. The minimum atomic E-state index is -3.46. The molecule has 19 heavy (non-hydrogen) atoms. The fourth-order valence-corrected chi connectivity index (χ4v) is 3.27. The molecule has 1 unspecified atom stereocenters. The third-order valence-electron chi connectivity index (χ3n) is 3.29. The van der Waals surface area contributed by atoms with E-state index >= 15 is 0 Å². The van der Waals surface area contributed by atoms with Gasteiger partial charge in [-0.25, -0.2) is 13.1 Å². The van der Waals surface area contributed by atoms with Crippen LogP contribution in [-0.4, -0.2) is 21.0 Å². The number of hydrogen-bond donors (Lipinski definition) is 2. The summed E-state index contributed by atoms with van der Waals surface area (Å²) < 4.78 is 27.1. The number of benzene rings is 1. The molecule has 0 spiro atoms. The Balaban J connectivity index is 2.21. The minimum Gasteiger partial charge on any atom is -0.320 e. The van der Waals surface area contributed by atoms with Crippen LogP contribution in [0.3, 0.4) is 0 Å². The van der Waals surface area contributed by atoms with Crippen molar-refractivity contribution in [3.05, 3.63) is 29.8 Å². The summed E-state index contributed by atoms with van der Waals surface area (Å²) in [4.78, 5) is 0.249. The highest BCUT2D eigenvalue weighted by Crippen LogP contribution is 2.45. The van der Waals surface area contributed by atoms with E-state index in [4.69, 9.17) is 5.73 Å². The van der Waals surface area contributed by atoms with Crippen LogP contribution in [-0.2, 0) is 10.0 Å². The standard InChI is InChI=1S/C14H18N2O2S/c1-14(2)10-13(14)16-19(17,18)12-7-3-5-11(9-12)6-4-8-15/h3,5,7,9,13,16H,8,10,15H2,1-2H3. The predicted molar refractivity (Wildman–Crippen MR) is 74.9 cm³/mol. The van der Waals surface area contributed by atoms with Crippen LogP contribution in [0.4, 0.5) is 0 Å². The smallest absolute Gasteiger partial charge is 0.240 e. The van der Waals surface area contributed by atoms with Crippen LogP contribution in [0.15, 0.2) is 29.2 Å². The van der Waals surface area contributed by atoms with E-state index in [1.54, 1.807) is 24.3 Å². The van der Waals surface area contributed by atoms with Crippen molar-refractivity contribution in [3.63, 3.8) is 0 Å². The number of hydrogen-bond acceptors (Lipinski definition) is 3. The lowest BCUT2D eigenvalue weighted by atomic mass is 10.2. The van der Waals surface area contributed by atoms with Gasteiger partial charge in [0.25, 0.3) is 0 Å². The highest BCUT2D eigenvalue weighted by molar-refractivity contribution is 7.89. The van der Waals surface area contributed by atoms with E-state index in [2.05, 4.69) is 16.6 Å². The number of sulfonamides is 1. The average Bonchev–Trinajstić information content (AvgIpc) is 2.93. The maximum Gasteiger partial charge on any atom is 0.240 e. The van der Waals surface area contributed by atoms with Crippen LogP contribution in [0.1, 0.15) is 25.8 Å². The lowest BCUT2D eigenvalue weighted by molar-refractivity contribution is 0.555. The summed E-state index contributed by atoms with van der Waals surface area (Å²) in [5.41, 5.74) is 6.02. The molecule has 1 aromatic carbocycles. The van der Waals surface area contributed by atoms with Gasteiger partial charge in [-0.15, -0.1) is 0 Å². The zero-order valence-electron chi connectivity index (χ0n) is 11.1. The summed E-state index contributed by atoms with van der Waals surface area (Å²) in [5.74, 6) is 5.55. The van der Waals surface area contributed by atoms with E-state index in [-0.39, 0.29) is 22.9 Å². The second-order valence-corrected chi connectivity index (χ2v) is 7.11. The van der Waals surface area contributed by atoms with Crippen LogP contribution in [0.5, 0.6) is 0 Å². The van der Waals surface area contributed by atoms with Gasteiger partial charge in [-0.2, -0.15) is 0 Å². The molecule has 1 aromatic rings. The SMILES string of the molecule is CC1(C)CC1NS(=O)(=O)c1cccc(C#CCN)c1. The highest BCUT2D eigenvalue weighted by atomic mass is 32.2. The van der Waals surface area contributed by atoms with Gasteiger partial charge in [-0.05, 0) is 30.0 Å². The summed E-state index contributed by atoms with van der Waals surface area (Å²) in [6, 6.07) is 6.62. The van der Waals surface area contributed by atoms with E-state index in [1.807, 2.05) is 13.8 Å². The van der Waals surface area contributed by atoms with Gasteiger partial charge < -0.3 is 5.73 Å². The van der Waals surface area contributed by atoms with E-state index in [1.165, 1.54) is 0 Å². The zero-order valence-corrected chi connectivity index (χ0v) is 11.9. The third-order valence-corrected chi connectivity index (χ3v) is 4.76. The maximum absolute atomic E-state index is 12.2. The summed E-state index contributed by atoms with van der Waals surface area (Å²) >= 11 is 0. The quantitative estimate of drug-likeness (QED) is 0.813. The van der Waals surface area contributed by atoms with E-state index in [0.717, 1.165) is 6.42 Å². The molecule has 1 aliphatic rings. The Bertz CT molecular complexity index is 639. The fourth-order valence-electron chi connectivity index (χ4n) is 1.82. The van der Waals surface area contributed by atoms with Crippen LogP contribution in [0.2, 0.25) is 0 Å². The molecule has 2 rings (SSSR count). The Morgan fingerprint density at radius 2 is 2.16 bits per heavy atom. The van der Waals surface area contributed by atoms with Crippen molar-refractivity contribution in [1.82, 2.24) is 4.72 Å². The first-order valence-electron chi connectivity index (χ1n) is 6.16. The van der Waals surface area contributed by atoms with Crippen molar-refractivity contribution in [2.75, 3.05) is 6.54 Å². The molecule has 1 atom stereocenters. The first-order valence-corrected chi connectivity index (χ1v) is 7.65. The van der Waals surface area contributed by atoms with Crippen molar-refractivity contribution in [2.24, 2.45) is 11.1 Å². The van der Waals surface area contributed by atoms with Crippen LogP contribution < -0.4 is 10.5 Å². The molecule has 0 radical (unpaired) electrons. The second-order valence-electron chi connectivity index (χ2n) is 5.40. The molecule has 3 N–H and O–H groups in total. The zero-order chi connectivity index (χ0) is 14.1. The Labute approximate surface area is 114 Å². The van der Waals surface area contributed by atoms with E-state index in [9.17, 15) is 8.42 Å². The molecule has 102 valence electrons. The molecular formula is C14H18N2O2S. The number of nitrogens with two attached hydrogens (primary N) is 1. The second kappa shape index (κ2) is 4.97. The minimum absolute atomic E-state index is 0.0243. The van der Waals surface area contributed by atoms with Crippen LogP contribution in [0, 0.1) is 17.3 Å². The largest absolute Gasteiger partial charge is 0.320 e. The Hall–Kier alpha value is -1.35. The first kappa shape index (κ1) is 14.1. The van der Waals surface area contributed by atoms with Crippen molar-refractivity contribution in [3.8, 4) is 11.8 Å². The van der Waals surface area contributed by atoms with Crippen molar-refractivity contribution < 1.29 is 8.42 Å². The van der Waals surface area contributed by atoms with Crippen LogP contribution in [0.25, 0.3) is 0 Å². The van der Waals surface area contributed by atoms with E-state index in [0.29, 0.717) is 5.56 Å². The predicted octanol–water partition coefficient (Wildman–Crippen LogP) is 1.07. The normalized spacial score (nSPS) is 20.5. The van der Waals surface area contributed by atoms with Crippen molar-refractivity contribution in [1.29, 1.82) is 0 Å². The van der Waals surface area contributed by atoms with Gasteiger partial charge >= 0.3 is 0 Å². The van der Waals surface area contributed by atoms with E-state index < -0.39 is 10.0 Å². The van der Waals surface area contributed by atoms with Gasteiger partial charge in [0.1, 0.15) is 0 Å². The molecule has 0 aromatic heterocycles. The molecule has 0 saturated heterocycles. The average molecular weight is 278 g/mol. The van der Waals surface area contributed by atoms with Gasteiger partial charge in [0.15, 0.2) is 0 Å². The van der Waals surface area contributed by atoms with Crippen molar-refractivity contribution >= 4 is 10.0 Å². The van der Waals surface area contributed by atoms with Crippen LogP contribution >= 0.6 is 0 Å². The summed E-state index contributed by atoms with van der Waals surface area (Å²) in [6.07, 6.45) is 0.874. The molecule has 1 aliphatic carbocycles. The van der Waals surface area contributed by atoms with Gasteiger partial charge in [0, 0.05) is 11.6 Å². The molecule has 0 bridgehead atoms. The maximum atomic E-state index is 12.2.